The van der Waals surface area contributed by atoms with Crippen LogP contribution in [0.1, 0.15) is 15.9 Å². The predicted molar refractivity (Wildman–Crippen MR) is 70.2 cm³/mol. The van der Waals surface area contributed by atoms with Crippen molar-refractivity contribution in [3.05, 3.63) is 29.6 Å². The zero-order chi connectivity index (χ0) is 14.1. The molecule has 4 N–H and O–H groups in total. The van der Waals surface area contributed by atoms with Crippen molar-refractivity contribution < 1.29 is 15.0 Å². The highest BCUT2D eigenvalue weighted by Gasteiger charge is 2.15. The van der Waals surface area contributed by atoms with Gasteiger partial charge in [0.15, 0.2) is 0 Å². The lowest BCUT2D eigenvalue weighted by molar-refractivity contribution is 0.0684. The van der Waals surface area contributed by atoms with Gasteiger partial charge in [0.05, 0.1) is 25.3 Å². The lowest BCUT2D eigenvalue weighted by Crippen LogP contribution is -2.35. The molecule has 0 aliphatic heterocycles. The van der Waals surface area contributed by atoms with Crippen molar-refractivity contribution in [3.63, 3.8) is 0 Å². The van der Waals surface area contributed by atoms with Crippen molar-refractivity contribution in [2.24, 2.45) is 5.73 Å². The van der Waals surface area contributed by atoms with E-state index in [1.54, 1.807) is 12.3 Å². The summed E-state index contributed by atoms with van der Waals surface area (Å²) in [5, 5.41) is 17.8. The first kappa shape index (κ1) is 15.1. The van der Waals surface area contributed by atoms with Crippen LogP contribution in [-0.4, -0.2) is 58.9 Å². The van der Waals surface area contributed by atoms with Crippen LogP contribution in [0.3, 0.4) is 0 Å². The molecule has 0 aromatic carbocycles. The molecule has 1 heterocycles. The molecule has 1 amide bonds. The molecule has 0 atom stereocenters. The number of aliphatic hydroxyl groups is 2. The molecule has 0 fully saturated rings. The monoisotopic (exact) mass is 263 g/mol. The number of amides is 1. The van der Waals surface area contributed by atoms with Crippen LogP contribution in [0.5, 0.6) is 0 Å². The molecule has 0 spiro atoms. The van der Waals surface area contributed by atoms with Crippen LogP contribution in [0.25, 0.3) is 0 Å². The molecule has 1 rings (SSSR count). The second-order valence-electron chi connectivity index (χ2n) is 3.71. The number of nitrogens with zero attached hydrogens (tertiary/aromatic N) is 2. The first-order valence-electron chi connectivity index (χ1n) is 5.88. The second kappa shape index (κ2) is 8.21. The largest absolute Gasteiger partial charge is 0.395 e. The number of nitrogens with two attached hydrogens (primary N) is 1. The van der Waals surface area contributed by atoms with Crippen molar-refractivity contribution in [1.29, 1.82) is 0 Å². The van der Waals surface area contributed by atoms with Crippen molar-refractivity contribution in [2.75, 3.05) is 32.8 Å². The summed E-state index contributed by atoms with van der Waals surface area (Å²) < 4.78 is 0. The maximum absolute atomic E-state index is 12.1. The smallest absolute Gasteiger partial charge is 0.255 e. The maximum Gasteiger partial charge on any atom is 0.255 e. The van der Waals surface area contributed by atoms with E-state index in [0.717, 1.165) is 0 Å². The molecule has 6 heteroatoms. The second-order valence-corrected chi connectivity index (χ2v) is 3.71. The number of carbonyl (C=O) groups is 1. The van der Waals surface area contributed by atoms with Crippen LogP contribution in [0, 0.1) is 11.8 Å². The summed E-state index contributed by atoms with van der Waals surface area (Å²) in [7, 11) is 0. The van der Waals surface area contributed by atoms with E-state index in [2.05, 4.69) is 16.8 Å². The van der Waals surface area contributed by atoms with Crippen LogP contribution in [0.15, 0.2) is 18.5 Å². The Hall–Kier alpha value is -1.94. The van der Waals surface area contributed by atoms with Gasteiger partial charge in [-0.15, -0.1) is 0 Å². The van der Waals surface area contributed by atoms with E-state index >= 15 is 0 Å². The third-order valence-corrected chi connectivity index (χ3v) is 2.35. The van der Waals surface area contributed by atoms with E-state index in [1.165, 1.54) is 11.1 Å². The van der Waals surface area contributed by atoms with E-state index in [9.17, 15) is 4.79 Å². The van der Waals surface area contributed by atoms with Gasteiger partial charge in [-0.3, -0.25) is 9.78 Å². The Labute approximate surface area is 111 Å². The summed E-state index contributed by atoms with van der Waals surface area (Å²) >= 11 is 0. The van der Waals surface area contributed by atoms with Gasteiger partial charge in [0.2, 0.25) is 0 Å². The van der Waals surface area contributed by atoms with Gasteiger partial charge in [-0.25, -0.2) is 0 Å². The highest BCUT2D eigenvalue weighted by molar-refractivity contribution is 5.94. The zero-order valence-electron chi connectivity index (χ0n) is 10.5. The fourth-order valence-corrected chi connectivity index (χ4v) is 1.52. The lowest BCUT2D eigenvalue weighted by atomic mass is 10.2. The zero-order valence-corrected chi connectivity index (χ0v) is 10.5. The van der Waals surface area contributed by atoms with Crippen molar-refractivity contribution in [3.8, 4) is 11.8 Å². The molecular formula is C13H17N3O3. The first-order valence-corrected chi connectivity index (χ1v) is 5.88. The van der Waals surface area contributed by atoms with Gasteiger partial charge in [0.1, 0.15) is 0 Å². The predicted octanol–water partition coefficient (Wildman–Crippen LogP) is -1.18. The topological polar surface area (TPSA) is 99.7 Å². The Kier molecular flexibility index (Phi) is 6.53. The van der Waals surface area contributed by atoms with Gasteiger partial charge in [-0.2, -0.15) is 0 Å². The fraction of sp³-hybridized carbons (Fsp3) is 0.385. The molecule has 0 saturated heterocycles. The summed E-state index contributed by atoms with van der Waals surface area (Å²) in [6, 6.07) is 1.61. The van der Waals surface area contributed by atoms with Gasteiger partial charge in [0.25, 0.3) is 5.91 Å². The molecule has 0 radical (unpaired) electrons. The number of hydrogen-bond acceptors (Lipinski definition) is 5. The SMILES string of the molecule is NCC#Cc1cncc(C(=O)N(CCO)CCO)c1. The number of aromatic nitrogens is 1. The fourth-order valence-electron chi connectivity index (χ4n) is 1.52. The number of aliphatic hydroxyl groups excluding tert-OH is 2. The third-order valence-electron chi connectivity index (χ3n) is 2.35. The van der Waals surface area contributed by atoms with Crippen LogP contribution in [0.4, 0.5) is 0 Å². The minimum absolute atomic E-state index is 0.161. The van der Waals surface area contributed by atoms with Crippen molar-refractivity contribution in [2.45, 2.75) is 0 Å². The van der Waals surface area contributed by atoms with Crippen LogP contribution in [0.2, 0.25) is 0 Å². The Morgan fingerprint density at radius 1 is 1.32 bits per heavy atom. The van der Waals surface area contributed by atoms with E-state index in [-0.39, 0.29) is 38.8 Å². The van der Waals surface area contributed by atoms with Crippen molar-refractivity contribution in [1.82, 2.24) is 9.88 Å². The van der Waals surface area contributed by atoms with Gasteiger partial charge in [-0.05, 0) is 6.07 Å². The van der Waals surface area contributed by atoms with Gasteiger partial charge in [-0.1, -0.05) is 11.8 Å². The Morgan fingerprint density at radius 3 is 2.58 bits per heavy atom. The number of rotatable bonds is 5. The maximum atomic E-state index is 12.1. The third kappa shape index (κ3) is 4.67. The normalized spacial score (nSPS) is 9.63. The molecule has 19 heavy (non-hydrogen) atoms. The summed E-state index contributed by atoms with van der Waals surface area (Å²) in [5.74, 6) is 5.18. The first-order chi connectivity index (χ1) is 9.22. The Morgan fingerprint density at radius 2 is 2.00 bits per heavy atom. The molecule has 1 aromatic heterocycles. The van der Waals surface area contributed by atoms with E-state index < -0.39 is 0 Å². The average Bonchev–Trinajstić information content (AvgIpc) is 2.44. The van der Waals surface area contributed by atoms with Gasteiger partial charge >= 0.3 is 0 Å². The number of carbonyl (C=O) groups excluding carboxylic acids is 1. The molecule has 1 aromatic rings. The summed E-state index contributed by atoms with van der Waals surface area (Å²) in [6.07, 6.45) is 2.97. The van der Waals surface area contributed by atoms with Crippen LogP contribution >= 0.6 is 0 Å². The van der Waals surface area contributed by atoms with Crippen molar-refractivity contribution >= 4 is 5.91 Å². The van der Waals surface area contributed by atoms with Crippen LogP contribution in [-0.2, 0) is 0 Å². The molecule has 0 bridgehead atoms. The van der Waals surface area contributed by atoms with Gasteiger partial charge in [0, 0.05) is 31.0 Å². The number of pyridine rings is 1. The Balaban J connectivity index is 2.91. The summed E-state index contributed by atoms with van der Waals surface area (Å²) in [6.45, 7) is 0.243. The molecule has 102 valence electrons. The van der Waals surface area contributed by atoms with E-state index in [1.807, 2.05) is 0 Å². The molecule has 0 aliphatic rings. The Bertz CT molecular complexity index is 474. The molecular weight excluding hydrogens is 246 g/mol. The summed E-state index contributed by atoms with van der Waals surface area (Å²) in [5.41, 5.74) is 6.24. The average molecular weight is 263 g/mol. The van der Waals surface area contributed by atoms with E-state index in [0.29, 0.717) is 11.1 Å². The van der Waals surface area contributed by atoms with Gasteiger partial charge < -0.3 is 20.8 Å². The molecule has 6 nitrogen and oxygen atoms in total. The molecule has 0 unspecified atom stereocenters. The molecule has 0 aliphatic carbocycles. The quantitative estimate of drug-likeness (QED) is 0.581. The molecule has 0 saturated carbocycles. The minimum atomic E-state index is -0.299. The standard InChI is InChI=1S/C13H17N3O3/c14-3-1-2-11-8-12(10-15-9-11)13(19)16(4-6-17)5-7-18/h8-10,17-18H,3-7,14H2. The van der Waals surface area contributed by atoms with E-state index in [4.69, 9.17) is 15.9 Å². The highest BCUT2D eigenvalue weighted by atomic mass is 16.3. The minimum Gasteiger partial charge on any atom is -0.395 e. The summed E-state index contributed by atoms with van der Waals surface area (Å²) in [4.78, 5) is 17.4. The lowest BCUT2D eigenvalue weighted by Gasteiger charge is -2.20. The highest BCUT2D eigenvalue weighted by Crippen LogP contribution is 2.06. The number of hydrogen-bond donors (Lipinski definition) is 3. The van der Waals surface area contributed by atoms with Crippen LogP contribution < -0.4 is 5.73 Å².